The Balaban J connectivity index is 2.22. The summed E-state index contributed by atoms with van der Waals surface area (Å²) in [5.41, 5.74) is 0.890. The molecule has 0 amide bonds. The van der Waals surface area contributed by atoms with E-state index in [0.29, 0.717) is 5.82 Å². The molecule has 2 aromatic rings. The highest BCUT2D eigenvalue weighted by molar-refractivity contribution is 9.10. The fourth-order valence-corrected chi connectivity index (χ4v) is 1.67. The van der Waals surface area contributed by atoms with Crippen molar-refractivity contribution >= 4 is 39.0 Å². The van der Waals surface area contributed by atoms with Crippen molar-refractivity contribution < 1.29 is 4.74 Å². The number of halogens is 2. The first-order valence-electron chi connectivity index (χ1n) is 4.78. The second kappa shape index (κ2) is 5.33. The Bertz CT molecular complexity index is 519. The van der Waals surface area contributed by atoms with Crippen LogP contribution >= 0.6 is 27.5 Å². The summed E-state index contributed by atoms with van der Waals surface area (Å²) in [6.07, 6.45) is 1.60. The van der Waals surface area contributed by atoms with Crippen molar-refractivity contribution in [2.45, 2.75) is 0 Å². The highest BCUT2D eigenvalue weighted by atomic mass is 79.9. The number of anilines is 2. The van der Waals surface area contributed by atoms with Gasteiger partial charge in [0.25, 0.3) is 0 Å². The average Bonchev–Trinajstić information content (AvgIpc) is 2.35. The number of nitrogens with zero attached hydrogens (tertiary/aromatic N) is 2. The largest absolute Gasteiger partial charge is 0.497 e. The second-order valence-electron chi connectivity index (χ2n) is 3.19. The van der Waals surface area contributed by atoms with Crippen LogP contribution in [0, 0.1) is 0 Å². The lowest BCUT2D eigenvalue weighted by Crippen LogP contribution is -1.96. The van der Waals surface area contributed by atoms with E-state index in [4.69, 9.17) is 16.3 Å². The zero-order valence-corrected chi connectivity index (χ0v) is 11.3. The SMILES string of the molecule is COc1ccc(Nc2nc(Cl)ncc2Br)cc1. The average molecular weight is 315 g/mol. The highest BCUT2D eigenvalue weighted by Crippen LogP contribution is 2.25. The number of methoxy groups -OCH3 is 1. The molecule has 0 atom stereocenters. The van der Waals surface area contributed by atoms with Crippen LogP contribution < -0.4 is 10.1 Å². The topological polar surface area (TPSA) is 47.0 Å². The smallest absolute Gasteiger partial charge is 0.224 e. The van der Waals surface area contributed by atoms with Crippen LogP contribution in [0.4, 0.5) is 11.5 Å². The zero-order chi connectivity index (χ0) is 12.3. The van der Waals surface area contributed by atoms with E-state index >= 15 is 0 Å². The summed E-state index contributed by atoms with van der Waals surface area (Å²) in [4.78, 5) is 7.93. The third kappa shape index (κ3) is 3.08. The molecule has 0 saturated carbocycles. The summed E-state index contributed by atoms with van der Waals surface area (Å²) in [5, 5.41) is 3.32. The number of hydrogen-bond donors (Lipinski definition) is 1. The highest BCUT2D eigenvalue weighted by Gasteiger charge is 2.04. The van der Waals surface area contributed by atoms with Gasteiger partial charge in [0.2, 0.25) is 5.28 Å². The third-order valence-corrected chi connectivity index (χ3v) is 2.83. The monoisotopic (exact) mass is 313 g/mol. The Hall–Kier alpha value is -1.33. The van der Waals surface area contributed by atoms with Gasteiger partial charge in [-0.1, -0.05) is 0 Å². The minimum absolute atomic E-state index is 0.198. The fourth-order valence-electron chi connectivity index (χ4n) is 1.24. The normalized spacial score (nSPS) is 10.1. The predicted molar refractivity (Wildman–Crippen MR) is 71.0 cm³/mol. The van der Waals surface area contributed by atoms with E-state index in [2.05, 4.69) is 31.2 Å². The van der Waals surface area contributed by atoms with Gasteiger partial charge < -0.3 is 10.1 Å². The Morgan fingerprint density at radius 1 is 1.29 bits per heavy atom. The van der Waals surface area contributed by atoms with Crippen molar-refractivity contribution in [1.82, 2.24) is 9.97 Å². The van der Waals surface area contributed by atoms with E-state index in [1.807, 2.05) is 24.3 Å². The van der Waals surface area contributed by atoms with Crippen molar-refractivity contribution in [3.05, 3.63) is 40.2 Å². The van der Waals surface area contributed by atoms with Gasteiger partial charge in [-0.2, -0.15) is 4.98 Å². The van der Waals surface area contributed by atoms with Crippen molar-refractivity contribution in [3.63, 3.8) is 0 Å². The van der Waals surface area contributed by atoms with Crippen LogP contribution in [0.25, 0.3) is 0 Å². The summed E-state index contributed by atoms with van der Waals surface area (Å²) < 4.78 is 5.83. The van der Waals surface area contributed by atoms with Crippen LogP contribution in [0.2, 0.25) is 5.28 Å². The van der Waals surface area contributed by atoms with Gasteiger partial charge in [0.1, 0.15) is 11.6 Å². The number of aromatic nitrogens is 2. The molecule has 17 heavy (non-hydrogen) atoms. The molecule has 0 aliphatic carbocycles. The molecule has 88 valence electrons. The quantitative estimate of drug-likeness (QED) is 0.879. The van der Waals surface area contributed by atoms with E-state index in [9.17, 15) is 0 Å². The Morgan fingerprint density at radius 3 is 2.65 bits per heavy atom. The molecule has 0 spiro atoms. The molecule has 0 bridgehead atoms. The number of hydrogen-bond acceptors (Lipinski definition) is 4. The van der Waals surface area contributed by atoms with Gasteiger partial charge in [-0.15, -0.1) is 0 Å². The molecular formula is C11H9BrClN3O. The molecular weight excluding hydrogens is 305 g/mol. The van der Waals surface area contributed by atoms with Crippen LogP contribution in [0.3, 0.4) is 0 Å². The zero-order valence-electron chi connectivity index (χ0n) is 8.95. The summed E-state index contributed by atoms with van der Waals surface area (Å²) in [5.74, 6) is 1.42. The van der Waals surface area contributed by atoms with Gasteiger partial charge in [0, 0.05) is 11.9 Å². The molecule has 0 radical (unpaired) electrons. The summed E-state index contributed by atoms with van der Waals surface area (Å²) >= 11 is 9.07. The molecule has 4 nitrogen and oxygen atoms in total. The van der Waals surface area contributed by atoms with Crippen LogP contribution in [-0.2, 0) is 0 Å². The maximum absolute atomic E-state index is 5.73. The molecule has 1 N–H and O–H groups in total. The number of nitrogens with one attached hydrogen (secondary N) is 1. The molecule has 6 heteroatoms. The molecule has 0 unspecified atom stereocenters. The number of ether oxygens (including phenoxy) is 1. The van der Waals surface area contributed by atoms with Gasteiger partial charge in [-0.05, 0) is 51.8 Å². The first kappa shape index (κ1) is 12.1. The fraction of sp³-hybridized carbons (Fsp3) is 0.0909. The van der Waals surface area contributed by atoms with Crippen molar-refractivity contribution in [3.8, 4) is 5.75 Å². The Kier molecular flexibility index (Phi) is 3.81. The minimum atomic E-state index is 0.198. The molecule has 2 rings (SSSR count). The van der Waals surface area contributed by atoms with Crippen LogP contribution in [0.15, 0.2) is 34.9 Å². The van der Waals surface area contributed by atoms with E-state index in [1.54, 1.807) is 13.3 Å². The van der Waals surface area contributed by atoms with Gasteiger partial charge in [-0.3, -0.25) is 0 Å². The first-order chi connectivity index (χ1) is 8.19. The van der Waals surface area contributed by atoms with E-state index in [1.165, 1.54) is 0 Å². The lowest BCUT2D eigenvalue weighted by atomic mass is 10.3. The Morgan fingerprint density at radius 2 is 2.00 bits per heavy atom. The summed E-state index contributed by atoms with van der Waals surface area (Å²) in [6.45, 7) is 0. The van der Waals surface area contributed by atoms with E-state index < -0.39 is 0 Å². The predicted octanol–water partition coefficient (Wildman–Crippen LogP) is 3.64. The Labute approximate surface area is 112 Å². The lowest BCUT2D eigenvalue weighted by molar-refractivity contribution is 0.415. The van der Waals surface area contributed by atoms with E-state index in [0.717, 1.165) is 15.9 Å². The van der Waals surface area contributed by atoms with Crippen molar-refractivity contribution in [2.75, 3.05) is 12.4 Å². The van der Waals surface area contributed by atoms with Gasteiger partial charge in [0.15, 0.2) is 0 Å². The van der Waals surface area contributed by atoms with E-state index in [-0.39, 0.29) is 5.28 Å². The molecule has 1 aromatic heterocycles. The first-order valence-corrected chi connectivity index (χ1v) is 5.95. The molecule has 0 aliphatic rings. The molecule has 0 saturated heterocycles. The number of rotatable bonds is 3. The molecule has 1 heterocycles. The van der Waals surface area contributed by atoms with Gasteiger partial charge in [-0.25, -0.2) is 4.98 Å². The van der Waals surface area contributed by atoms with Crippen LogP contribution in [0.1, 0.15) is 0 Å². The van der Waals surface area contributed by atoms with Crippen LogP contribution in [0.5, 0.6) is 5.75 Å². The third-order valence-electron chi connectivity index (χ3n) is 2.07. The molecule has 0 aliphatic heterocycles. The molecule has 0 fully saturated rings. The minimum Gasteiger partial charge on any atom is -0.497 e. The van der Waals surface area contributed by atoms with Gasteiger partial charge in [0.05, 0.1) is 11.6 Å². The van der Waals surface area contributed by atoms with Crippen LogP contribution in [-0.4, -0.2) is 17.1 Å². The van der Waals surface area contributed by atoms with Gasteiger partial charge >= 0.3 is 0 Å². The second-order valence-corrected chi connectivity index (χ2v) is 4.38. The standard InChI is InChI=1S/C11H9BrClN3O/c1-17-8-4-2-7(3-5-8)15-10-9(12)6-14-11(13)16-10/h2-6H,1H3,(H,14,15,16). The maximum atomic E-state index is 5.73. The summed E-state index contributed by atoms with van der Waals surface area (Å²) in [6, 6.07) is 7.50. The summed E-state index contributed by atoms with van der Waals surface area (Å²) in [7, 11) is 1.63. The maximum Gasteiger partial charge on any atom is 0.224 e. The number of benzene rings is 1. The van der Waals surface area contributed by atoms with Crippen molar-refractivity contribution in [2.24, 2.45) is 0 Å². The lowest BCUT2D eigenvalue weighted by Gasteiger charge is -2.08. The molecule has 1 aromatic carbocycles. The van der Waals surface area contributed by atoms with Crippen molar-refractivity contribution in [1.29, 1.82) is 0 Å².